The molecule has 2 rings (SSSR count). The third-order valence-corrected chi connectivity index (χ3v) is 4.34. The molecule has 0 aromatic carbocycles. The van der Waals surface area contributed by atoms with Gasteiger partial charge < -0.3 is 15.4 Å². The molecule has 1 heterocycles. The van der Waals surface area contributed by atoms with Gasteiger partial charge >= 0.3 is 0 Å². The predicted molar refractivity (Wildman–Crippen MR) is 103 cm³/mol. The average Bonchev–Trinajstić information content (AvgIpc) is 3.00. The first-order chi connectivity index (χ1) is 10.2. The molecule has 128 valence electrons. The molecule has 6 heteroatoms. The SMILES string of the molecule is CN=C(NCC(C(C)C)N1CCOCC1)NC1CC=CC1.I. The summed E-state index contributed by atoms with van der Waals surface area (Å²) in [4.78, 5) is 6.88. The highest BCUT2D eigenvalue weighted by molar-refractivity contribution is 14.0. The van der Waals surface area contributed by atoms with E-state index >= 15 is 0 Å². The van der Waals surface area contributed by atoms with Crippen LogP contribution in [0.5, 0.6) is 0 Å². The zero-order valence-corrected chi connectivity index (χ0v) is 16.4. The summed E-state index contributed by atoms with van der Waals surface area (Å²) in [5.41, 5.74) is 0. The molecule has 0 radical (unpaired) electrons. The Morgan fingerprint density at radius 3 is 2.45 bits per heavy atom. The van der Waals surface area contributed by atoms with Gasteiger partial charge in [-0.25, -0.2) is 0 Å². The number of halogens is 1. The lowest BCUT2D eigenvalue weighted by molar-refractivity contribution is 0.00751. The lowest BCUT2D eigenvalue weighted by atomic mass is 10.0. The number of guanidine groups is 1. The van der Waals surface area contributed by atoms with Crippen LogP contribution in [-0.2, 0) is 4.74 Å². The Bertz CT molecular complexity index is 359. The van der Waals surface area contributed by atoms with E-state index in [4.69, 9.17) is 4.74 Å². The van der Waals surface area contributed by atoms with Crippen LogP contribution in [0, 0.1) is 5.92 Å². The molecule has 1 atom stereocenters. The second kappa shape index (κ2) is 10.4. The molecule has 2 N–H and O–H groups in total. The molecule has 0 spiro atoms. The molecular weight excluding hydrogens is 391 g/mol. The summed E-state index contributed by atoms with van der Waals surface area (Å²) in [5, 5.41) is 7.00. The summed E-state index contributed by atoms with van der Waals surface area (Å²) in [7, 11) is 1.84. The van der Waals surface area contributed by atoms with E-state index in [1.54, 1.807) is 0 Å². The van der Waals surface area contributed by atoms with Crippen molar-refractivity contribution in [1.29, 1.82) is 0 Å². The summed E-state index contributed by atoms with van der Waals surface area (Å²) in [5.74, 6) is 1.53. The second-order valence-electron chi connectivity index (χ2n) is 6.20. The molecule has 1 saturated heterocycles. The van der Waals surface area contributed by atoms with E-state index in [2.05, 4.69) is 46.5 Å². The van der Waals surface area contributed by atoms with Crippen molar-refractivity contribution in [2.24, 2.45) is 10.9 Å². The van der Waals surface area contributed by atoms with Crippen LogP contribution in [0.25, 0.3) is 0 Å². The van der Waals surface area contributed by atoms with Crippen LogP contribution in [0.15, 0.2) is 17.1 Å². The van der Waals surface area contributed by atoms with Crippen LogP contribution in [0.1, 0.15) is 26.7 Å². The molecule has 1 aliphatic carbocycles. The quantitative estimate of drug-likeness (QED) is 0.307. The van der Waals surface area contributed by atoms with Gasteiger partial charge in [0.05, 0.1) is 13.2 Å². The fourth-order valence-corrected chi connectivity index (χ4v) is 3.02. The minimum atomic E-state index is 0. The molecule has 0 amide bonds. The molecule has 0 saturated carbocycles. The maximum absolute atomic E-state index is 5.46. The Kier molecular flexibility index (Phi) is 9.35. The molecule has 1 aliphatic heterocycles. The fraction of sp³-hybridized carbons (Fsp3) is 0.812. The monoisotopic (exact) mass is 422 g/mol. The van der Waals surface area contributed by atoms with Gasteiger partial charge in [0.15, 0.2) is 5.96 Å². The van der Waals surface area contributed by atoms with Crippen molar-refractivity contribution in [3.63, 3.8) is 0 Å². The predicted octanol–water partition coefficient (Wildman–Crippen LogP) is 1.84. The number of nitrogens with zero attached hydrogens (tertiary/aromatic N) is 2. The van der Waals surface area contributed by atoms with Gasteiger partial charge in [-0.15, -0.1) is 24.0 Å². The van der Waals surface area contributed by atoms with Crippen LogP contribution >= 0.6 is 24.0 Å². The molecule has 5 nitrogen and oxygen atoms in total. The van der Waals surface area contributed by atoms with Crippen molar-refractivity contribution in [3.8, 4) is 0 Å². The number of aliphatic imine (C=N–C) groups is 1. The molecule has 2 aliphatic rings. The van der Waals surface area contributed by atoms with Gasteiger partial charge in [0, 0.05) is 38.8 Å². The van der Waals surface area contributed by atoms with Gasteiger partial charge in [-0.1, -0.05) is 26.0 Å². The molecular formula is C16H31IN4O. The number of rotatable bonds is 5. The van der Waals surface area contributed by atoms with Gasteiger partial charge in [-0.3, -0.25) is 9.89 Å². The minimum absolute atomic E-state index is 0. The zero-order chi connectivity index (χ0) is 15.1. The van der Waals surface area contributed by atoms with E-state index < -0.39 is 0 Å². The number of hydrogen-bond acceptors (Lipinski definition) is 3. The highest BCUT2D eigenvalue weighted by Crippen LogP contribution is 2.12. The first kappa shape index (κ1) is 19.7. The van der Waals surface area contributed by atoms with Crippen molar-refractivity contribution in [1.82, 2.24) is 15.5 Å². The zero-order valence-electron chi connectivity index (χ0n) is 14.0. The number of hydrogen-bond donors (Lipinski definition) is 2. The maximum atomic E-state index is 5.46. The smallest absolute Gasteiger partial charge is 0.191 e. The van der Waals surface area contributed by atoms with Gasteiger partial charge in [0.1, 0.15) is 0 Å². The van der Waals surface area contributed by atoms with E-state index in [-0.39, 0.29) is 24.0 Å². The standard InChI is InChI=1S/C16H30N4O.HI/c1-13(2)15(20-8-10-21-11-9-20)12-18-16(17-3)19-14-6-4-5-7-14;/h4-5,13-15H,6-12H2,1-3H3,(H2,17,18,19);1H. The summed E-state index contributed by atoms with van der Waals surface area (Å²) in [6.45, 7) is 9.27. The van der Waals surface area contributed by atoms with Crippen LogP contribution in [0.3, 0.4) is 0 Å². The van der Waals surface area contributed by atoms with E-state index in [0.717, 1.165) is 51.6 Å². The molecule has 0 bridgehead atoms. The van der Waals surface area contributed by atoms with E-state index in [1.807, 2.05) is 7.05 Å². The summed E-state index contributed by atoms with van der Waals surface area (Å²) in [6, 6.07) is 1.02. The van der Waals surface area contributed by atoms with Gasteiger partial charge in [-0.2, -0.15) is 0 Å². The summed E-state index contributed by atoms with van der Waals surface area (Å²) >= 11 is 0. The molecule has 0 aromatic rings. The fourth-order valence-electron chi connectivity index (χ4n) is 3.02. The first-order valence-electron chi connectivity index (χ1n) is 8.14. The number of ether oxygens (including phenoxy) is 1. The second-order valence-corrected chi connectivity index (χ2v) is 6.20. The van der Waals surface area contributed by atoms with Crippen molar-refractivity contribution < 1.29 is 4.74 Å². The number of morpholine rings is 1. The molecule has 0 aromatic heterocycles. The Labute approximate surface area is 152 Å². The van der Waals surface area contributed by atoms with Gasteiger partial charge in [0.25, 0.3) is 0 Å². The Hall–Kier alpha value is -0.340. The Balaban J connectivity index is 0.00000242. The lowest BCUT2D eigenvalue weighted by Gasteiger charge is -2.37. The molecule has 22 heavy (non-hydrogen) atoms. The third-order valence-electron chi connectivity index (χ3n) is 4.34. The Morgan fingerprint density at radius 1 is 1.27 bits per heavy atom. The molecule has 1 unspecified atom stereocenters. The van der Waals surface area contributed by atoms with Crippen LogP contribution in [0.4, 0.5) is 0 Å². The highest BCUT2D eigenvalue weighted by Gasteiger charge is 2.24. The number of nitrogens with one attached hydrogen (secondary N) is 2. The van der Waals surface area contributed by atoms with Crippen molar-refractivity contribution in [3.05, 3.63) is 12.2 Å². The van der Waals surface area contributed by atoms with Crippen LogP contribution < -0.4 is 10.6 Å². The van der Waals surface area contributed by atoms with Crippen molar-refractivity contribution in [2.75, 3.05) is 39.9 Å². The topological polar surface area (TPSA) is 48.9 Å². The highest BCUT2D eigenvalue weighted by atomic mass is 127. The van der Waals surface area contributed by atoms with Crippen LogP contribution in [-0.4, -0.2) is 62.8 Å². The minimum Gasteiger partial charge on any atom is -0.379 e. The van der Waals surface area contributed by atoms with E-state index in [9.17, 15) is 0 Å². The van der Waals surface area contributed by atoms with E-state index in [0.29, 0.717) is 18.0 Å². The molecule has 1 fully saturated rings. The van der Waals surface area contributed by atoms with Crippen LogP contribution in [0.2, 0.25) is 0 Å². The Morgan fingerprint density at radius 2 is 1.91 bits per heavy atom. The largest absolute Gasteiger partial charge is 0.379 e. The first-order valence-corrected chi connectivity index (χ1v) is 8.14. The maximum Gasteiger partial charge on any atom is 0.191 e. The van der Waals surface area contributed by atoms with Gasteiger partial charge in [-0.05, 0) is 18.8 Å². The average molecular weight is 422 g/mol. The summed E-state index contributed by atoms with van der Waals surface area (Å²) in [6.07, 6.45) is 6.65. The van der Waals surface area contributed by atoms with Crippen molar-refractivity contribution >= 4 is 29.9 Å². The van der Waals surface area contributed by atoms with Gasteiger partial charge in [0.2, 0.25) is 0 Å². The van der Waals surface area contributed by atoms with E-state index in [1.165, 1.54) is 0 Å². The normalized spacial score (nSPS) is 21.7. The van der Waals surface area contributed by atoms with Crippen molar-refractivity contribution in [2.45, 2.75) is 38.8 Å². The lowest BCUT2D eigenvalue weighted by Crippen LogP contribution is -2.53. The third kappa shape index (κ3) is 6.04. The summed E-state index contributed by atoms with van der Waals surface area (Å²) < 4.78 is 5.46.